The molecule has 1 aromatic rings. The van der Waals surface area contributed by atoms with Gasteiger partial charge in [0.25, 0.3) is 0 Å². The molecule has 0 amide bonds. The Hall–Kier alpha value is -1.73. The van der Waals surface area contributed by atoms with Gasteiger partial charge >= 0.3 is 5.97 Å². The van der Waals surface area contributed by atoms with E-state index in [-0.39, 0.29) is 10.6 Å². The molecule has 15 heavy (non-hydrogen) atoms. The number of carboxylic acid groups (broad SMARTS) is 1. The van der Waals surface area contributed by atoms with E-state index in [1.54, 1.807) is 6.92 Å². The molecule has 1 N–H and O–H groups in total. The minimum absolute atomic E-state index is 0.0423. The standard InChI is InChI=1S/C10H8ClNO3/c1-6(5-12)15-7-2-3-9(11)8(4-7)10(13)14/h2-4,6H,1H3,(H,13,14). The van der Waals surface area contributed by atoms with Crippen LogP contribution in [0.1, 0.15) is 17.3 Å². The second kappa shape index (κ2) is 4.67. The van der Waals surface area contributed by atoms with Crippen LogP contribution in [-0.2, 0) is 0 Å². The molecule has 0 bridgehead atoms. The monoisotopic (exact) mass is 225 g/mol. The Morgan fingerprint density at radius 1 is 1.67 bits per heavy atom. The van der Waals surface area contributed by atoms with Gasteiger partial charge in [0, 0.05) is 0 Å². The molecule has 0 heterocycles. The molecule has 0 aliphatic heterocycles. The van der Waals surface area contributed by atoms with Crippen LogP contribution in [-0.4, -0.2) is 17.2 Å². The van der Waals surface area contributed by atoms with Crippen LogP contribution in [0, 0.1) is 11.3 Å². The molecule has 1 unspecified atom stereocenters. The van der Waals surface area contributed by atoms with E-state index >= 15 is 0 Å². The molecule has 0 aliphatic carbocycles. The Balaban J connectivity index is 2.99. The van der Waals surface area contributed by atoms with E-state index < -0.39 is 12.1 Å². The van der Waals surface area contributed by atoms with Crippen molar-refractivity contribution >= 4 is 17.6 Å². The van der Waals surface area contributed by atoms with Crippen LogP contribution in [0.15, 0.2) is 18.2 Å². The number of nitrogens with zero attached hydrogens (tertiary/aromatic N) is 1. The molecule has 1 atom stereocenters. The van der Waals surface area contributed by atoms with Crippen LogP contribution in [0.3, 0.4) is 0 Å². The smallest absolute Gasteiger partial charge is 0.337 e. The summed E-state index contributed by atoms with van der Waals surface area (Å²) in [4.78, 5) is 10.7. The fourth-order valence-electron chi connectivity index (χ4n) is 0.972. The number of ether oxygens (including phenoxy) is 1. The normalized spacial score (nSPS) is 11.5. The number of hydrogen-bond acceptors (Lipinski definition) is 3. The van der Waals surface area contributed by atoms with Crippen LogP contribution in [0.4, 0.5) is 0 Å². The maximum absolute atomic E-state index is 10.7. The molecule has 0 aliphatic rings. The van der Waals surface area contributed by atoms with Gasteiger partial charge in [-0.05, 0) is 25.1 Å². The number of aromatic carboxylic acids is 1. The van der Waals surface area contributed by atoms with Gasteiger partial charge in [0.2, 0.25) is 0 Å². The number of carboxylic acids is 1. The van der Waals surface area contributed by atoms with E-state index in [1.807, 2.05) is 6.07 Å². The molecular weight excluding hydrogens is 218 g/mol. The zero-order valence-electron chi connectivity index (χ0n) is 7.90. The molecule has 5 heteroatoms. The fourth-order valence-corrected chi connectivity index (χ4v) is 1.17. The van der Waals surface area contributed by atoms with Crippen LogP contribution < -0.4 is 4.74 Å². The van der Waals surface area contributed by atoms with Gasteiger partial charge in [0.1, 0.15) is 11.8 Å². The average Bonchev–Trinajstić information content (AvgIpc) is 2.20. The van der Waals surface area contributed by atoms with Crippen LogP contribution in [0.5, 0.6) is 5.75 Å². The summed E-state index contributed by atoms with van der Waals surface area (Å²) < 4.78 is 5.13. The maximum atomic E-state index is 10.7. The fraction of sp³-hybridized carbons (Fsp3) is 0.200. The molecule has 0 spiro atoms. The zero-order chi connectivity index (χ0) is 11.4. The number of benzene rings is 1. The number of carbonyl (C=O) groups is 1. The van der Waals surface area contributed by atoms with Crippen LogP contribution in [0.25, 0.3) is 0 Å². The third-order valence-corrected chi connectivity index (χ3v) is 1.99. The van der Waals surface area contributed by atoms with Crippen molar-refractivity contribution in [2.75, 3.05) is 0 Å². The Morgan fingerprint density at radius 2 is 2.33 bits per heavy atom. The first-order chi connectivity index (χ1) is 7.04. The first-order valence-corrected chi connectivity index (χ1v) is 4.51. The van der Waals surface area contributed by atoms with Gasteiger partial charge < -0.3 is 9.84 Å². The molecule has 0 saturated heterocycles. The van der Waals surface area contributed by atoms with Crippen molar-refractivity contribution in [1.29, 1.82) is 5.26 Å². The van der Waals surface area contributed by atoms with Crippen molar-refractivity contribution in [3.63, 3.8) is 0 Å². The minimum Gasteiger partial charge on any atom is -0.478 e. The second-order valence-electron chi connectivity index (χ2n) is 2.84. The lowest BCUT2D eigenvalue weighted by atomic mass is 10.2. The quantitative estimate of drug-likeness (QED) is 0.857. The molecule has 1 aromatic carbocycles. The molecule has 1 rings (SSSR count). The molecule has 0 fully saturated rings. The molecular formula is C10H8ClNO3. The summed E-state index contributed by atoms with van der Waals surface area (Å²) in [6, 6.07) is 6.10. The third kappa shape index (κ3) is 2.86. The SMILES string of the molecule is CC(C#N)Oc1ccc(Cl)c(C(=O)O)c1. The molecule has 0 saturated carbocycles. The van der Waals surface area contributed by atoms with E-state index in [0.29, 0.717) is 5.75 Å². The van der Waals surface area contributed by atoms with Gasteiger partial charge in [0.15, 0.2) is 6.10 Å². The predicted octanol–water partition coefficient (Wildman–Crippen LogP) is 2.33. The van der Waals surface area contributed by atoms with E-state index in [0.717, 1.165) is 0 Å². The summed E-state index contributed by atoms with van der Waals surface area (Å²) in [5.74, 6) is -0.819. The highest BCUT2D eigenvalue weighted by atomic mass is 35.5. The van der Waals surface area contributed by atoms with Crippen molar-refractivity contribution in [2.45, 2.75) is 13.0 Å². The van der Waals surface area contributed by atoms with Gasteiger partial charge in [-0.2, -0.15) is 5.26 Å². The summed E-state index contributed by atoms with van der Waals surface area (Å²) in [5, 5.41) is 17.4. The average molecular weight is 226 g/mol. The van der Waals surface area contributed by atoms with Crippen molar-refractivity contribution in [3.8, 4) is 11.8 Å². The van der Waals surface area contributed by atoms with Gasteiger partial charge in [-0.15, -0.1) is 0 Å². The van der Waals surface area contributed by atoms with Gasteiger partial charge in [-0.1, -0.05) is 11.6 Å². The van der Waals surface area contributed by atoms with Crippen LogP contribution >= 0.6 is 11.6 Å². The molecule has 78 valence electrons. The lowest BCUT2D eigenvalue weighted by Crippen LogP contribution is -2.09. The zero-order valence-corrected chi connectivity index (χ0v) is 8.65. The van der Waals surface area contributed by atoms with Crippen molar-refractivity contribution in [1.82, 2.24) is 0 Å². The highest BCUT2D eigenvalue weighted by Crippen LogP contribution is 2.22. The summed E-state index contributed by atoms with van der Waals surface area (Å²) >= 11 is 5.66. The van der Waals surface area contributed by atoms with E-state index in [4.69, 9.17) is 26.7 Å². The molecule has 4 nitrogen and oxygen atoms in total. The Bertz CT molecular complexity index is 425. The summed E-state index contributed by atoms with van der Waals surface area (Å²) in [6.45, 7) is 1.56. The number of halogens is 1. The third-order valence-electron chi connectivity index (χ3n) is 1.66. The van der Waals surface area contributed by atoms with E-state index in [1.165, 1.54) is 18.2 Å². The van der Waals surface area contributed by atoms with Gasteiger partial charge in [0.05, 0.1) is 10.6 Å². The maximum Gasteiger partial charge on any atom is 0.337 e. The lowest BCUT2D eigenvalue weighted by Gasteiger charge is -2.08. The number of hydrogen-bond donors (Lipinski definition) is 1. The van der Waals surface area contributed by atoms with Crippen LogP contribution in [0.2, 0.25) is 5.02 Å². The second-order valence-corrected chi connectivity index (χ2v) is 3.24. The van der Waals surface area contributed by atoms with E-state index in [9.17, 15) is 4.79 Å². The topological polar surface area (TPSA) is 70.3 Å². The van der Waals surface area contributed by atoms with E-state index in [2.05, 4.69) is 0 Å². The Morgan fingerprint density at radius 3 is 2.87 bits per heavy atom. The van der Waals surface area contributed by atoms with Crippen molar-refractivity contribution in [2.24, 2.45) is 0 Å². The molecule has 0 aromatic heterocycles. The lowest BCUT2D eigenvalue weighted by molar-refractivity contribution is 0.0696. The largest absolute Gasteiger partial charge is 0.478 e. The molecule has 0 radical (unpaired) electrons. The summed E-state index contributed by atoms with van der Waals surface area (Å²) in [5.41, 5.74) is -0.0423. The minimum atomic E-state index is -1.13. The summed E-state index contributed by atoms with van der Waals surface area (Å²) in [6.07, 6.45) is -0.632. The Labute approximate surface area is 91.7 Å². The van der Waals surface area contributed by atoms with Gasteiger partial charge in [-0.25, -0.2) is 4.79 Å². The number of nitriles is 1. The highest BCUT2D eigenvalue weighted by Gasteiger charge is 2.11. The van der Waals surface area contributed by atoms with Crippen molar-refractivity contribution in [3.05, 3.63) is 28.8 Å². The van der Waals surface area contributed by atoms with Crippen molar-refractivity contribution < 1.29 is 14.6 Å². The first-order valence-electron chi connectivity index (χ1n) is 4.13. The highest BCUT2D eigenvalue weighted by molar-refractivity contribution is 6.33. The van der Waals surface area contributed by atoms with Gasteiger partial charge in [-0.3, -0.25) is 0 Å². The summed E-state index contributed by atoms with van der Waals surface area (Å²) in [7, 11) is 0. The Kier molecular flexibility index (Phi) is 3.53. The first kappa shape index (κ1) is 11.3. The number of rotatable bonds is 3. The predicted molar refractivity (Wildman–Crippen MR) is 54.1 cm³/mol.